The van der Waals surface area contributed by atoms with Gasteiger partial charge in [-0.1, -0.05) is 5.21 Å². The second-order valence-electron chi connectivity index (χ2n) is 5.36. The van der Waals surface area contributed by atoms with Gasteiger partial charge in [0.2, 0.25) is 0 Å². The molecule has 0 fully saturated rings. The number of carbonyl (C=O) groups excluding carboxylic acids is 1. The zero-order valence-corrected chi connectivity index (χ0v) is 13.1. The lowest BCUT2D eigenvalue weighted by Gasteiger charge is -2.15. The fourth-order valence-electron chi connectivity index (χ4n) is 2.23. The number of aromatic nitrogens is 4. The van der Waals surface area contributed by atoms with E-state index in [1.165, 1.54) is 16.8 Å². The SMILES string of the molecule is CN(CCc1ccncc1)C(=O)c1cn(-c2ccc(F)cc2)nn1. The molecule has 0 saturated carbocycles. The maximum atomic E-state index is 13.0. The molecule has 6 nitrogen and oxygen atoms in total. The predicted molar refractivity (Wildman–Crippen MR) is 86.2 cm³/mol. The zero-order chi connectivity index (χ0) is 16.9. The van der Waals surface area contributed by atoms with Gasteiger partial charge in [-0.3, -0.25) is 9.78 Å². The van der Waals surface area contributed by atoms with Gasteiger partial charge in [0.25, 0.3) is 5.91 Å². The Hall–Kier alpha value is -3.09. The monoisotopic (exact) mass is 325 g/mol. The number of benzene rings is 1. The van der Waals surface area contributed by atoms with Gasteiger partial charge in [-0.25, -0.2) is 9.07 Å². The van der Waals surface area contributed by atoms with Crippen LogP contribution in [0.3, 0.4) is 0 Å². The first-order valence-corrected chi connectivity index (χ1v) is 7.46. The van der Waals surface area contributed by atoms with Crippen molar-refractivity contribution in [3.8, 4) is 5.69 Å². The van der Waals surface area contributed by atoms with E-state index in [-0.39, 0.29) is 17.4 Å². The van der Waals surface area contributed by atoms with Crippen LogP contribution in [-0.2, 0) is 6.42 Å². The van der Waals surface area contributed by atoms with E-state index in [1.807, 2.05) is 12.1 Å². The van der Waals surface area contributed by atoms with Crippen LogP contribution in [0.15, 0.2) is 55.0 Å². The summed E-state index contributed by atoms with van der Waals surface area (Å²) in [7, 11) is 1.72. The molecule has 1 aromatic carbocycles. The van der Waals surface area contributed by atoms with E-state index in [4.69, 9.17) is 0 Å². The number of amides is 1. The molecule has 0 N–H and O–H groups in total. The molecule has 2 aromatic heterocycles. The maximum Gasteiger partial charge on any atom is 0.275 e. The molecule has 24 heavy (non-hydrogen) atoms. The lowest BCUT2D eigenvalue weighted by molar-refractivity contribution is 0.0791. The summed E-state index contributed by atoms with van der Waals surface area (Å²) in [4.78, 5) is 18.0. The average Bonchev–Trinajstić information content (AvgIpc) is 3.10. The number of carbonyl (C=O) groups is 1. The Morgan fingerprint density at radius 3 is 2.58 bits per heavy atom. The van der Waals surface area contributed by atoms with Crippen molar-refractivity contribution in [2.45, 2.75) is 6.42 Å². The normalized spacial score (nSPS) is 10.6. The molecule has 0 aliphatic rings. The molecule has 0 aliphatic heterocycles. The van der Waals surface area contributed by atoms with Crippen LogP contribution in [0.2, 0.25) is 0 Å². The van der Waals surface area contributed by atoms with Gasteiger partial charge in [0.05, 0.1) is 11.9 Å². The number of halogens is 1. The number of hydrogen-bond acceptors (Lipinski definition) is 4. The first kappa shape index (κ1) is 15.8. The summed E-state index contributed by atoms with van der Waals surface area (Å²) in [6.45, 7) is 0.562. The fourth-order valence-corrected chi connectivity index (χ4v) is 2.23. The third-order valence-corrected chi connectivity index (χ3v) is 3.64. The van der Waals surface area contributed by atoms with E-state index < -0.39 is 0 Å². The molecule has 1 amide bonds. The van der Waals surface area contributed by atoms with Gasteiger partial charge < -0.3 is 4.90 Å². The molecule has 0 spiro atoms. The van der Waals surface area contributed by atoms with Gasteiger partial charge in [0.1, 0.15) is 5.82 Å². The standard InChI is InChI=1S/C17H16FN5O/c1-22(11-8-13-6-9-19-10-7-13)17(24)16-12-23(21-20-16)15-4-2-14(18)3-5-15/h2-7,9-10,12H,8,11H2,1H3. The number of rotatable bonds is 5. The number of hydrogen-bond donors (Lipinski definition) is 0. The van der Waals surface area contributed by atoms with Crippen LogP contribution in [0.4, 0.5) is 4.39 Å². The zero-order valence-electron chi connectivity index (χ0n) is 13.1. The number of nitrogens with zero attached hydrogens (tertiary/aromatic N) is 5. The molecular weight excluding hydrogens is 309 g/mol. The molecule has 0 unspecified atom stereocenters. The summed E-state index contributed by atoms with van der Waals surface area (Å²) in [5.41, 5.74) is 2.00. The Bertz CT molecular complexity index is 817. The summed E-state index contributed by atoms with van der Waals surface area (Å²) in [5.74, 6) is -0.538. The predicted octanol–water partition coefficient (Wildman–Crippen LogP) is 2.12. The summed E-state index contributed by atoms with van der Waals surface area (Å²) >= 11 is 0. The Balaban J connectivity index is 1.65. The molecule has 7 heteroatoms. The van der Waals surface area contributed by atoms with Crippen LogP contribution < -0.4 is 0 Å². The lowest BCUT2D eigenvalue weighted by atomic mass is 10.2. The second-order valence-corrected chi connectivity index (χ2v) is 5.36. The maximum absolute atomic E-state index is 13.0. The van der Waals surface area contributed by atoms with Crippen molar-refractivity contribution < 1.29 is 9.18 Å². The molecule has 3 rings (SSSR count). The Kier molecular flexibility index (Phi) is 4.60. The van der Waals surface area contributed by atoms with Crippen LogP contribution in [-0.4, -0.2) is 44.4 Å². The third kappa shape index (κ3) is 3.62. The van der Waals surface area contributed by atoms with E-state index in [9.17, 15) is 9.18 Å². The summed E-state index contributed by atoms with van der Waals surface area (Å²) in [6.07, 6.45) is 5.73. The third-order valence-electron chi connectivity index (χ3n) is 3.64. The van der Waals surface area contributed by atoms with Crippen molar-refractivity contribution in [1.29, 1.82) is 0 Å². The lowest BCUT2D eigenvalue weighted by Crippen LogP contribution is -2.29. The summed E-state index contributed by atoms with van der Waals surface area (Å²) in [6, 6.07) is 9.65. The highest BCUT2D eigenvalue weighted by Gasteiger charge is 2.16. The van der Waals surface area contributed by atoms with Crippen LogP contribution in [0, 0.1) is 5.82 Å². The molecular formula is C17H16FN5O. The van der Waals surface area contributed by atoms with E-state index in [1.54, 1.807) is 42.7 Å². The Morgan fingerprint density at radius 1 is 1.17 bits per heavy atom. The molecule has 0 atom stereocenters. The first-order chi connectivity index (χ1) is 11.6. The molecule has 0 bridgehead atoms. The van der Waals surface area contributed by atoms with Gasteiger partial charge in [0.15, 0.2) is 5.69 Å². The summed E-state index contributed by atoms with van der Waals surface area (Å²) in [5, 5.41) is 7.84. The van der Waals surface area contributed by atoms with Crippen LogP contribution in [0.1, 0.15) is 16.1 Å². The first-order valence-electron chi connectivity index (χ1n) is 7.46. The van der Waals surface area contributed by atoms with E-state index in [0.29, 0.717) is 12.2 Å². The van der Waals surface area contributed by atoms with Crippen molar-refractivity contribution >= 4 is 5.91 Å². The van der Waals surface area contributed by atoms with E-state index >= 15 is 0 Å². The average molecular weight is 325 g/mol. The Morgan fingerprint density at radius 2 is 1.88 bits per heavy atom. The quantitative estimate of drug-likeness (QED) is 0.721. The topological polar surface area (TPSA) is 63.9 Å². The molecule has 122 valence electrons. The molecule has 0 saturated heterocycles. The molecule has 0 radical (unpaired) electrons. The van der Waals surface area contributed by atoms with Crippen molar-refractivity contribution in [1.82, 2.24) is 24.9 Å². The van der Waals surface area contributed by atoms with Crippen molar-refractivity contribution in [2.75, 3.05) is 13.6 Å². The van der Waals surface area contributed by atoms with Crippen molar-refractivity contribution in [3.63, 3.8) is 0 Å². The Labute approximate surface area is 138 Å². The fraction of sp³-hybridized carbons (Fsp3) is 0.176. The number of pyridine rings is 1. The minimum atomic E-state index is -0.328. The van der Waals surface area contributed by atoms with Crippen LogP contribution >= 0.6 is 0 Å². The minimum absolute atomic E-state index is 0.211. The van der Waals surface area contributed by atoms with Crippen molar-refractivity contribution in [2.24, 2.45) is 0 Å². The second kappa shape index (κ2) is 6.99. The number of likely N-dealkylation sites (N-methyl/N-ethyl adjacent to an activating group) is 1. The van der Waals surface area contributed by atoms with Crippen LogP contribution in [0.5, 0.6) is 0 Å². The molecule has 0 aliphatic carbocycles. The smallest absolute Gasteiger partial charge is 0.275 e. The minimum Gasteiger partial charge on any atom is -0.340 e. The largest absolute Gasteiger partial charge is 0.340 e. The van der Waals surface area contributed by atoms with Gasteiger partial charge in [0, 0.05) is 26.0 Å². The highest BCUT2D eigenvalue weighted by Crippen LogP contribution is 2.09. The van der Waals surface area contributed by atoms with Gasteiger partial charge >= 0.3 is 0 Å². The van der Waals surface area contributed by atoms with Crippen LogP contribution in [0.25, 0.3) is 5.69 Å². The van der Waals surface area contributed by atoms with Gasteiger partial charge in [-0.05, 0) is 48.4 Å². The highest BCUT2D eigenvalue weighted by atomic mass is 19.1. The van der Waals surface area contributed by atoms with Crippen molar-refractivity contribution in [3.05, 3.63) is 72.1 Å². The molecule has 3 aromatic rings. The highest BCUT2D eigenvalue weighted by molar-refractivity contribution is 5.91. The van der Waals surface area contributed by atoms with Gasteiger partial charge in [-0.15, -0.1) is 5.10 Å². The van der Waals surface area contributed by atoms with Gasteiger partial charge in [-0.2, -0.15) is 0 Å². The summed E-state index contributed by atoms with van der Waals surface area (Å²) < 4.78 is 14.4. The van der Waals surface area contributed by atoms with E-state index in [0.717, 1.165) is 12.0 Å². The van der Waals surface area contributed by atoms with E-state index in [2.05, 4.69) is 15.3 Å². The molecule has 2 heterocycles.